The zero-order chi connectivity index (χ0) is 19.8. The molecule has 4 aromatic rings. The number of aromatic amines is 1. The van der Waals surface area contributed by atoms with E-state index in [9.17, 15) is 4.79 Å². The summed E-state index contributed by atoms with van der Waals surface area (Å²) in [6, 6.07) is 6.06. The van der Waals surface area contributed by atoms with Crippen LogP contribution in [0.3, 0.4) is 0 Å². The van der Waals surface area contributed by atoms with E-state index in [2.05, 4.69) is 30.0 Å². The summed E-state index contributed by atoms with van der Waals surface area (Å²) in [5.74, 6) is 0.453. The van der Waals surface area contributed by atoms with Crippen LogP contribution in [0.5, 0.6) is 0 Å². The van der Waals surface area contributed by atoms with Gasteiger partial charge >= 0.3 is 5.97 Å². The molecule has 10 nitrogen and oxygen atoms in total. The number of esters is 1. The van der Waals surface area contributed by atoms with Gasteiger partial charge in [-0.25, -0.2) is 9.97 Å². The molecule has 0 amide bonds. The van der Waals surface area contributed by atoms with Crippen LogP contribution in [0.15, 0.2) is 36.9 Å². The number of nitrogens with zero attached hydrogens (tertiary/aromatic N) is 7. The maximum Gasteiger partial charge on any atom is 0.319 e. The first-order chi connectivity index (χ1) is 14.2. The summed E-state index contributed by atoms with van der Waals surface area (Å²) < 4.78 is 6.70. The van der Waals surface area contributed by atoms with Crippen molar-refractivity contribution in [3.8, 4) is 5.69 Å². The van der Waals surface area contributed by atoms with Crippen molar-refractivity contribution < 1.29 is 9.53 Å². The van der Waals surface area contributed by atoms with Crippen LogP contribution in [0.2, 0.25) is 0 Å². The molecule has 1 fully saturated rings. The van der Waals surface area contributed by atoms with Crippen LogP contribution in [0.25, 0.3) is 27.8 Å². The zero-order valence-corrected chi connectivity index (χ0v) is 15.9. The van der Waals surface area contributed by atoms with Crippen molar-refractivity contribution in [3.63, 3.8) is 0 Å². The highest BCUT2D eigenvalue weighted by molar-refractivity contribution is 5.81. The maximum atomic E-state index is 11.5. The molecule has 1 aliphatic rings. The van der Waals surface area contributed by atoms with Gasteiger partial charge in [-0.2, -0.15) is 10.1 Å². The molecular formula is C19H20N8O2. The second kappa shape index (κ2) is 7.13. The molecule has 148 valence electrons. The number of nitrogens with one attached hydrogen (secondary N) is 1. The van der Waals surface area contributed by atoms with Crippen LogP contribution in [-0.4, -0.2) is 80.4 Å². The smallest absolute Gasteiger partial charge is 0.319 e. The number of anilines is 1. The number of ether oxygens (including phenoxy) is 1. The van der Waals surface area contributed by atoms with E-state index in [1.807, 2.05) is 22.8 Å². The number of fused-ring (bicyclic) bond motifs is 2. The van der Waals surface area contributed by atoms with E-state index >= 15 is 0 Å². The van der Waals surface area contributed by atoms with Gasteiger partial charge in [0, 0.05) is 31.6 Å². The number of benzene rings is 1. The van der Waals surface area contributed by atoms with E-state index in [-0.39, 0.29) is 5.97 Å². The van der Waals surface area contributed by atoms with E-state index < -0.39 is 0 Å². The number of hydrogen-bond acceptors (Lipinski definition) is 8. The largest absolute Gasteiger partial charge is 0.468 e. The molecule has 3 aromatic heterocycles. The van der Waals surface area contributed by atoms with Gasteiger partial charge in [0.15, 0.2) is 5.65 Å². The fraction of sp³-hybridized carbons (Fsp3) is 0.316. The van der Waals surface area contributed by atoms with Gasteiger partial charge in [-0.1, -0.05) is 0 Å². The van der Waals surface area contributed by atoms with Gasteiger partial charge in [0.25, 0.3) is 0 Å². The third-order valence-corrected chi connectivity index (χ3v) is 5.22. The monoisotopic (exact) mass is 392 g/mol. The van der Waals surface area contributed by atoms with Gasteiger partial charge in [0.1, 0.15) is 11.8 Å². The molecule has 10 heteroatoms. The van der Waals surface area contributed by atoms with E-state index in [0.29, 0.717) is 12.5 Å². The maximum absolute atomic E-state index is 11.5. The number of hydrogen-bond donors (Lipinski definition) is 1. The zero-order valence-electron chi connectivity index (χ0n) is 15.9. The van der Waals surface area contributed by atoms with Crippen LogP contribution in [0, 0.1) is 0 Å². The minimum absolute atomic E-state index is 0.214. The van der Waals surface area contributed by atoms with Crippen LogP contribution >= 0.6 is 0 Å². The van der Waals surface area contributed by atoms with Crippen molar-refractivity contribution in [2.24, 2.45) is 0 Å². The predicted molar refractivity (Wildman–Crippen MR) is 107 cm³/mol. The quantitative estimate of drug-likeness (QED) is 0.513. The molecule has 0 saturated carbocycles. The van der Waals surface area contributed by atoms with Crippen molar-refractivity contribution >= 4 is 34.0 Å². The highest BCUT2D eigenvalue weighted by Crippen LogP contribution is 2.22. The molecule has 0 atom stereocenters. The van der Waals surface area contributed by atoms with E-state index in [0.717, 1.165) is 53.9 Å². The SMILES string of the molecule is COC(=O)CN1CCN(c2ncc3ncn(-c4ccc5cn[nH]c5c4)c3n2)CC1. The fourth-order valence-corrected chi connectivity index (χ4v) is 3.57. The van der Waals surface area contributed by atoms with Crippen molar-refractivity contribution in [2.75, 3.05) is 44.7 Å². The fourth-order valence-electron chi connectivity index (χ4n) is 3.57. The lowest BCUT2D eigenvalue weighted by atomic mass is 10.2. The molecule has 29 heavy (non-hydrogen) atoms. The van der Waals surface area contributed by atoms with E-state index in [1.165, 1.54) is 7.11 Å². The van der Waals surface area contributed by atoms with Crippen molar-refractivity contribution in [3.05, 3.63) is 36.9 Å². The lowest BCUT2D eigenvalue weighted by Gasteiger charge is -2.33. The first-order valence-electron chi connectivity index (χ1n) is 9.39. The number of aromatic nitrogens is 6. The number of carbonyl (C=O) groups excluding carboxylic acids is 1. The summed E-state index contributed by atoms with van der Waals surface area (Å²) in [5.41, 5.74) is 3.41. The lowest BCUT2D eigenvalue weighted by Crippen LogP contribution is -2.48. The van der Waals surface area contributed by atoms with Gasteiger partial charge in [-0.05, 0) is 18.2 Å². The van der Waals surface area contributed by atoms with Crippen molar-refractivity contribution in [1.29, 1.82) is 0 Å². The minimum atomic E-state index is -0.214. The first kappa shape index (κ1) is 17.6. The second-order valence-electron chi connectivity index (χ2n) is 6.97. The van der Waals surface area contributed by atoms with E-state index in [1.54, 1.807) is 18.7 Å². The normalized spacial score (nSPS) is 15.3. The van der Waals surface area contributed by atoms with Gasteiger partial charge < -0.3 is 9.64 Å². The minimum Gasteiger partial charge on any atom is -0.468 e. The standard InChI is InChI=1S/C19H20N8O2/c1-29-17(28)11-25-4-6-26(7-5-25)19-20-10-16-18(23-19)27(12-21-16)14-3-2-13-9-22-24-15(13)8-14/h2-3,8-10,12H,4-7,11H2,1H3,(H,22,24). The lowest BCUT2D eigenvalue weighted by molar-refractivity contribution is -0.142. The molecular weight excluding hydrogens is 372 g/mol. The second-order valence-corrected chi connectivity index (χ2v) is 6.97. The Hall–Kier alpha value is -3.53. The van der Waals surface area contributed by atoms with E-state index in [4.69, 9.17) is 9.72 Å². The molecule has 1 aliphatic heterocycles. The molecule has 4 heterocycles. The Morgan fingerprint density at radius 3 is 2.86 bits per heavy atom. The number of H-pyrrole nitrogens is 1. The summed E-state index contributed by atoms with van der Waals surface area (Å²) in [4.78, 5) is 29.4. The average molecular weight is 392 g/mol. The highest BCUT2D eigenvalue weighted by atomic mass is 16.5. The Morgan fingerprint density at radius 1 is 1.17 bits per heavy atom. The molecule has 1 saturated heterocycles. The molecule has 0 spiro atoms. The Labute approximate surface area is 166 Å². The first-order valence-corrected chi connectivity index (χ1v) is 9.39. The molecule has 1 aromatic carbocycles. The van der Waals surface area contributed by atoms with Gasteiger partial charge in [0.05, 0.1) is 37.3 Å². The Morgan fingerprint density at radius 2 is 2.03 bits per heavy atom. The number of imidazole rings is 1. The summed E-state index contributed by atoms with van der Waals surface area (Å²) in [5, 5.41) is 8.12. The molecule has 0 aliphatic carbocycles. The third-order valence-electron chi connectivity index (χ3n) is 5.22. The summed E-state index contributed by atoms with van der Waals surface area (Å²) in [6.45, 7) is 3.32. The van der Waals surface area contributed by atoms with Gasteiger partial charge in [-0.15, -0.1) is 0 Å². The third kappa shape index (κ3) is 3.27. The molecule has 0 unspecified atom stereocenters. The summed E-state index contributed by atoms with van der Waals surface area (Å²) in [7, 11) is 1.41. The predicted octanol–water partition coefficient (Wildman–Crippen LogP) is 0.987. The molecule has 5 rings (SSSR count). The molecule has 1 N–H and O–H groups in total. The summed E-state index contributed by atoms with van der Waals surface area (Å²) in [6.07, 6.45) is 5.31. The van der Waals surface area contributed by atoms with Gasteiger partial charge in [-0.3, -0.25) is 19.4 Å². The number of rotatable bonds is 4. The van der Waals surface area contributed by atoms with Crippen molar-refractivity contribution in [2.45, 2.75) is 0 Å². The van der Waals surface area contributed by atoms with Crippen LogP contribution in [0.1, 0.15) is 0 Å². The number of methoxy groups -OCH3 is 1. The molecule has 0 radical (unpaired) electrons. The highest BCUT2D eigenvalue weighted by Gasteiger charge is 2.21. The molecule has 0 bridgehead atoms. The Bertz CT molecular complexity index is 1180. The Balaban J connectivity index is 1.40. The summed E-state index contributed by atoms with van der Waals surface area (Å²) >= 11 is 0. The van der Waals surface area contributed by atoms with Crippen LogP contribution < -0.4 is 4.90 Å². The van der Waals surface area contributed by atoms with Crippen molar-refractivity contribution in [1.82, 2.24) is 34.6 Å². The van der Waals surface area contributed by atoms with Crippen LogP contribution in [0.4, 0.5) is 5.95 Å². The van der Waals surface area contributed by atoms with Crippen LogP contribution in [-0.2, 0) is 9.53 Å². The Kier molecular flexibility index (Phi) is 4.32. The van der Waals surface area contributed by atoms with Gasteiger partial charge in [0.2, 0.25) is 5.95 Å². The topological polar surface area (TPSA) is 105 Å². The number of carbonyl (C=O) groups is 1. The number of piperazine rings is 1. The average Bonchev–Trinajstić information content (AvgIpc) is 3.40.